The summed E-state index contributed by atoms with van der Waals surface area (Å²) in [6.45, 7) is 0. The van der Waals surface area contributed by atoms with Gasteiger partial charge in [-0.15, -0.1) is 0 Å². The van der Waals surface area contributed by atoms with E-state index in [1.807, 2.05) is 0 Å². The molecule has 0 aromatic heterocycles. The third-order valence-electron chi connectivity index (χ3n) is 2.50. The molecular formula is C12H25N6V-3. The van der Waals surface area contributed by atoms with Gasteiger partial charge in [0.05, 0.1) is 0 Å². The van der Waals surface area contributed by atoms with Crippen LogP contribution in [0.2, 0.25) is 0 Å². The van der Waals surface area contributed by atoms with E-state index in [0.29, 0.717) is 0 Å². The molecule has 0 heterocycles. The zero-order valence-corrected chi connectivity index (χ0v) is 13.3. The van der Waals surface area contributed by atoms with Crippen LogP contribution in [-0.4, -0.2) is 5.23 Å². The van der Waals surface area contributed by atoms with Crippen LogP contribution in [0.1, 0.15) is 64.2 Å². The molecule has 0 amide bonds. The van der Waals surface area contributed by atoms with Gasteiger partial charge >= 0.3 is 22.2 Å². The fourth-order valence-electron chi connectivity index (χ4n) is 1.77. The number of rotatable bonds is 0. The predicted molar refractivity (Wildman–Crippen MR) is 79.9 cm³/mol. The van der Waals surface area contributed by atoms with Crippen molar-refractivity contribution in [1.29, 1.82) is 0 Å². The molecule has 0 aromatic rings. The molecule has 0 spiro atoms. The third kappa shape index (κ3) is 47.1. The Kier molecular flexibility index (Phi) is 50.4. The second-order valence-electron chi connectivity index (χ2n) is 3.71. The Hall–Kier alpha value is -0.926. The molecular weight excluding hydrogens is 279 g/mol. The van der Waals surface area contributed by atoms with Crippen LogP contribution in [0.3, 0.4) is 0 Å². The minimum atomic E-state index is 0. The summed E-state index contributed by atoms with van der Waals surface area (Å²) in [6.07, 6.45) is 15.0. The van der Waals surface area contributed by atoms with Gasteiger partial charge < -0.3 is 29.6 Å². The molecule has 2 aliphatic carbocycles. The summed E-state index contributed by atoms with van der Waals surface area (Å²) in [5.74, 6) is 0. The van der Waals surface area contributed by atoms with E-state index < -0.39 is 0 Å². The second-order valence-corrected chi connectivity index (χ2v) is 3.71. The fourth-order valence-corrected chi connectivity index (χ4v) is 1.77. The first kappa shape index (κ1) is 26.6. The summed E-state index contributed by atoms with van der Waals surface area (Å²) < 4.78 is 0. The Bertz CT molecular complexity index is 165. The van der Waals surface area contributed by atoms with Crippen molar-refractivity contribution in [3.8, 4) is 0 Å². The Labute approximate surface area is 126 Å². The monoisotopic (exact) mass is 304 g/mol. The first-order valence-corrected chi connectivity index (χ1v) is 7.10. The fraction of sp³-hybridized carbons (Fsp3) is 0.833. The van der Waals surface area contributed by atoms with Gasteiger partial charge in [0.2, 0.25) is 0 Å². The third-order valence-corrected chi connectivity index (χ3v) is 2.50. The largest absolute Gasteiger partial charge is 0.373 e. The average Bonchev–Trinajstić information content (AvgIpc) is 3.12. The molecule has 111 valence electrons. The van der Waals surface area contributed by atoms with E-state index in [0.717, 1.165) is 0 Å². The van der Waals surface area contributed by atoms with Crippen molar-refractivity contribution in [3.63, 3.8) is 0 Å². The Morgan fingerprint density at radius 2 is 0.579 bits per heavy atom. The Balaban J connectivity index is -0.0000000767. The zero-order valence-electron chi connectivity index (χ0n) is 11.9. The van der Waals surface area contributed by atoms with E-state index in [1.165, 1.54) is 74.0 Å². The van der Waals surface area contributed by atoms with Gasteiger partial charge in [-0.05, 0) is 0 Å². The van der Waals surface area contributed by atoms with Gasteiger partial charge in [0.1, 0.15) is 0 Å². The summed E-state index contributed by atoms with van der Waals surface area (Å²) in [5, 5.41) is 3.19. The van der Waals surface area contributed by atoms with Crippen LogP contribution >= 0.6 is 0 Å². The first-order chi connectivity index (χ1) is 8.83. The van der Waals surface area contributed by atoms with Crippen LogP contribution in [0, 0.1) is 7.43 Å². The molecule has 0 unspecified atom stereocenters. The Morgan fingerprint density at radius 1 is 0.526 bits per heavy atom. The Morgan fingerprint density at radius 3 is 0.632 bits per heavy atom. The summed E-state index contributed by atoms with van der Waals surface area (Å²) >= 11 is 2.06. The van der Waals surface area contributed by atoms with Crippen molar-refractivity contribution in [1.82, 2.24) is 0 Å². The predicted octanol–water partition coefficient (Wildman–Crippen LogP) is 6.05. The quantitative estimate of drug-likeness (QED) is 0.224. The minimum Gasteiger partial charge on any atom is -0.373 e. The molecule has 2 fully saturated rings. The van der Waals surface area contributed by atoms with Gasteiger partial charge in [-0.2, -0.15) is 0 Å². The molecule has 0 aliphatic heterocycles. The molecule has 6 nitrogen and oxygen atoms in total. The molecule has 0 bridgehead atoms. The van der Waals surface area contributed by atoms with Crippen LogP contribution < -0.4 is 0 Å². The van der Waals surface area contributed by atoms with Crippen molar-refractivity contribution in [2.45, 2.75) is 64.2 Å². The van der Waals surface area contributed by atoms with E-state index in [1.54, 1.807) is 0 Å². The summed E-state index contributed by atoms with van der Waals surface area (Å²) in [4.78, 5) is 3.00. The van der Waals surface area contributed by atoms with Gasteiger partial charge in [0.25, 0.3) is 0 Å². The molecule has 0 saturated heterocycles. The van der Waals surface area contributed by atoms with E-state index in [-0.39, 0.29) is 7.43 Å². The molecule has 7 heteroatoms. The van der Waals surface area contributed by atoms with Gasteiger partial charge in [0, 0.05) is 0 Å². The van der Waals surface area contributed by atoms with Gasteiger partial charge in [-0.1, -0.05) is 64.2 Å². The molecule has 0 atom stereocenters. The zero-order chi connectivity index (χ0) is 14.5. The van der Waals surface area contributed by atoms with Gasteiger partial charge in [-0.25, -0.2) is 0 Å². The summed E-state index contributed by atoms with van der Waals surface area (Å²) in [6, 6.07) is 0. The molecule has 0 aromatic carbocycles. The van der Waals surface area contributed by atoms with Crippen molar-refractivity contribution >= 4 is 5.23 Å². The van der Waals surface area contributed by atoms with E-state index in [2.05, 4.69) is 22.2 Å². The van der Waals surface area contributed by atoms with Crippen LogP contribution in [-0.2, 0) is 17.0 Å². The van der Waals surface area contributed by atoms with Crippen LogP contribution in [0.25, 0.3) is 31.9 Å². The maximum atomic E-state index is 6.75. The van der Waals surface area contributed by atoms with Crippen molar-refractivity contribution in [3.05, 3.63) is 39.4 Å². The number of nitrogens with zero attached hydrogens (tertiary/aromatic N) is 6. The molecule has 2 aliphatic rings. The van der Waals surface area contributed by atoms with Crippen LogP contribution in [0.5, 0.6) is 0 Å². The molecule has 0 N–H and O–H groups in total. The smallest absolute Gasteiger partial charge is 0.255 e. The van der Waals surface area contributed by atoms with E-state index in [4.69, 9.17) is 22.1 Å². The van der Waals surface area contributed by atoms with Crippen molar-refractivity contribution in [2.75, 3.05) is 0 Å². The number of hydrogen-bond donors (Lipinski definition) is 0. The molecule has 2 rings (SSSR count). The maximum absolute atomic E-state index is 6.75. The first-order valence-electron chi connectivity index (χ1n) is 6.12. The molecule has 19 heavy (non-hydrogen) atoms. The number of hydrogen-bond acceptors (Lipinski definition) is 0. The van der Waals surface area contributed by atoms with Crippen LogP contribution in [0.4, 0.5) is 0 Å². The van der Waals surface area contributed by atoms with E-state index >= 15 is 0 Å². The van der Waals surface area contributed by atoms with Crippen molar-refractivity contribution in [2.24, 2.45) is 0 Å². The second kappa shape index (κ2) is 36.0. The van der Waals surface area contributed by atoms with Crippen LogP contribution in [0.15, 0.2) is 0 Å². The normalized spacial score (nSPS) is 13.6. The average molecular weight is 304 g/mol. The molecule has 0 radical (unpaired) electrons. The van der Waals surface area contributed by atoms with E-state index in [9.17, 15) is 0 Å². The topological polar surface area (TPSA) is 117 Å². The SMILES string of the molecule is C1CCCC1.C1CCCC1.[CH2]=[V].[CH3-].[N-]=[N+]=[N-].[N-]=[N+]=[N-]. The summed E-state index contributed by atoms with van der Waals surface area (Å²) in [7, 11) is 0. The van der Waals surface area contributed by atoms with Crippen molar-refractivity contribution < 1.29 is 17.0 Å². The minimum absolute atomic E-state index is 0. The molecule has 2 saturated carbocycles. The standard InChI is InChI=1S/2C5H10.CH3.CH2.2N3.V/c2*1-2-4-5-3-1;;;2*1-3-2;/h2*1-5H2;1H3;1H2;;;/q;;-1;;2*-1;. The maximum Gasteiger partial charge on any atom is -0.255 e. The van der Waals surface area contributed by atoms with Gasteiger partial charge in [0.15, 0.2) is 0 Å². The van der Waals surface area contributed by atoms with Gasteiger partial charge in [-0.3, -0.25) is 9.82 Å². The summed E-state index contributed by atoms with van der Waals surface area (Å²) in [5.41, 5.74) is 27.0.